The standard InChI is InChI=1S/C17H21N3O4/c1-13-3-2-4-14(7-13)24-11-17(22)9-20(5-6-23-10-17)16(21)15-8-18-12-19-15/h2-4,7-8,12,22H,5-6,9-11H2,1H3,(H,18,19)/t17-/m1/s1. The molecule has 2 heterocycles. The Morgan fingerprint density at radius 1 is 1.54 bits per heavy atom. The van der Waals surface area contributed by atoms with E-state index in [4.69, 9.17) is 9.47 Å². The fraction of sp³-hybridized carbons (Fsp3) is 0.412. The Morgan fingerprint density at radius 2 is 2.42 bits per heavy atom. The highest BCUT2D eigenvalue weighted by Gasteiger charge is 2.36. The normalized spacial score (nSPS) is 21.3. The Morgan fingerprint density at radius 3 is 3.17 bits per heavy atom. The molecule has 128 valence electrons. The second kappa shape index (κ2) is 7.02. The number of carbonyl (C=O) groups excluding carboxylic acids is 1. The number of amides is 1. The smallest absolute Gasteiger partial charge is 0.272 e. The van der Waals surface area contributed by atoms with Gasteiger partial charge in [-0.2, -0.15) is 0 Å². The second-order valence-corrected chi connectivity index (χ2v) is 6.07. The molecule has 0 saturated carbocycles. The van der Waals surface area contributed by atoms with Gasteiger partial charge in [0.1, 0.15) is 23.7 Å². The number of aliphatic hydroxyl groups is 1. The Labute approximate surface area is 140 Å². The average molecular weight is 331 g/mol. The molecule has 7 nitrogen and oxygen atoms in total. The number of rotatable bonds is 4. The van der Waals surface area contributed by atoms with Crippen LogP contribution >= 0.6 is 0 Å². The fourth-order valence-electron chi connectivity index (χ4n) is 2.64. The number of hydrogen-bond donors (Lipinski definition) is 2. The first kappa shape index (κ1) is 16.5. The van der Waals surface area contributed by atoms with E-state index in [1.54, 1.807) is 4.90 Å². The third-order valence-electron chi connectivity index (χ3n) is 3.87. The summed E-state index contributed by atoms with van der Waals surface area (Å²) in [6.45, 7) is 3.05. The third-order valence-corrected chi connectivity index (χ3v) is 3.87. The summed E-state index contributed by atoms with van der Waals surface area (Å²) < 4.78 is 11.2. The van der Waals surface area contributed by atoms with Crippen LogP contribution in [0.2, 0.25) is 0 Å². The van der Waals surface area contributed by atoms with Crippen molar-refractivity contribution in [3.8, 4) is 5.75 Å². The molecule has 1 atom stereocenters. The van der Waals surface area contributed by atoms with Gasteiger partial charge in [-0.05, 0) is 24.6 Å². The van der Waals surface area contributed by atoms with Crippen LogP contribution < -0.4 is 4.74 Å². The largest absolute Gasteiger partial charge is 0.490 e. The van der Waals surface area contributed by atoms with E-state index in [0.717, 1.165) is 5.56 Å². The van der Waals surface area contributed by atoms with E-state index in [0.29, 0.717) is 24.6 Å². The van der Waals surface area contributed by atoms with Gasteiger partial charge in [-0.3, -0.25) is 4.79 Å². The molecule has 1 aliphatic heterocycles. The maximum Gasteiger partial charge on any atom is 0.272 e. The zero-order valence-electron chi connectivity index (χ0n) is 13.6. The fourth-order valence-corrected chi connectivity index (χ4v) is 2.64. The highest BCUT2D eigenvalue weighted by Crippen LogP contribution is 2.18. The van der Waals surface area contributed by atoms with Gasteiger partial charge in [-0.15, -0.1) is 0 Å². The predicted molar refractivity (Wildman–Crippen MR) is 86.9 cm³/mol. The molecule has 1 fully saturated rings. The minimum atomic E-state index is -1.27. The number of β-amino-alcohol motifs (C(OH)–C–C–N with tert-alkyl or cyclic N) is 1. The minimum absolute atomic E-state index is 0.0449. The SMILES string of the molecule is Cc1cccc(OC[C@]2(O)COCCN(C(=O)c3cnc[nH]3)C2)c1. The second-order valence-electron chi connectivity index (χ2n) is 6.07. The number of ether oxygens (including phenoxy) is 2. The molecule has 0 bridgehead atoms. The van der Waals surface area contributed by atoms with Gasteiger partial charge in [0.25, 0.3) is 5.91 Å². The van der Waals surface area contributed by atoms with Crippen LogP contribution in [0.5, 0.6) is 5.75 Å². The molecule has 3 rings (SSSR count). The molecule has 0 unspecified atom stereocenters. The summed E-state index contributed by atoms with van der Waals surface area (Å²) in [5, 5.41) is 10.8. The monoisotopic (exact) mass is 331 g/mol. The van der Waals surface area contributed by atoms with Gasteiger partial charge in [0, 0.05) is 6.54 Å². The van der Waals surface area contributed by atoms with Crippen LogP contribution in [-0.2, 0) is 4.74 Å². The van der Waals surface area contributed by atoms with Crippen molar-refractivity contribution in [2.75, 3.05) is 32.9 Å². The van der Waals surface area contributed by atoms with Gasteiger partial charge < -0.3 is 24.5 Å². The minimum Gasteiger partial charge on any atom is -0.490 e. The van der Waals surface area contributed by atoms with Crippen LogP contribution in [-0.4, -0.2) is 64.4 Å². The zero-order valence-corrected chi connectivity index (χ0v) is 13.6. The van der Waals surface area contributed by atoms with Crippen molar-refractivity contribution >= 4 is 5.91 Å². The van der Waals surface area contributed by atoms with Crippen LogP contribution in [0, 0.1) is 6.92 Å². The number of benzene rings is 1. The molecule has 7 heteroatoms. The molecule has 2 N–H and O–H groups in total. The number of imidazole rings is 1. The molecule has 0 radical (unpaired) electrons. The van der Waals surface area contributed by atoms with Crippen LogP contribution in [0.3, 0.4) is 0 Å². The van der Waals surface area contributed by atoms with Crippen molar-refractivity contribution < 1.29 is 19.4 Å². The first-order valence-electron chi connectivity index (χ1n) is 7.83. The third kappa shape index (κ3) is 3.93. The Kier molecular flexibility index (Phi) is 4.82. The average Bonchev–Trinajstić information content (AvgIpc) is 3.03. The number of aromatic nitrogens is 2. The van der Waals surface area contributed by atoms with Gasteiger partial charge in [0.15, 0.2) is 0 Å². The van der Waals surface area contributed by atoms with E-state index in [1.165, 1.54) is 12.5 Å². The topological polar surface area (TPSA) is 87.7 Å². The molecule has 1 amide bonds. The molecule has 0 aliphatic carbocycles. The summed E-state index contributed by atoms with van der Waals surface area (Å²) in [4.78, 5) is 20.7. The Hall–Kier alpha value is -2.38. The van der Waals surface area contributed by atoms with Crippen LogP contribution in [0.25, 0.3) is 0 Å². The molecule has 1 aromatic heterocycles. The summed E-state index contributed by atoms with van der Waals surface area (Å²) in [5.41, 5.74) is 0.196. The summed E-state index contributed by atoms with van der Waals surface area (Å²) in [6.07, 6.45) is 2.92. The molecule has 0 spiro atoms. The molecule has 1 aliphatic rings. The van der Waals surface area contributed by atoms with Crippen molar-refractivity contribution in [1.29, 1.82) is 0 Å². The quantitative estimate of drug-likeness (QED) is 0.873. The molecule has 24 heavy (non-hydrogen) atoms. The summed E-state index contributed by atoms with van der Waals surface area (Å²) in [7, 11) is 0. The van der Waals surface area contributed by atoms with Crippen LogP contribution in [0.1, 0.15) is 16.1 Å². The number of H-pyrrole nitrogens is 1. The number of aromatic amines is 1. The summed E-state index contributed by atoms with van der Waals surface area (Å²) in [5.74, 6) is 0.464. The Balaban J connectivity index is 1.67. The lowest BCUT2D eigenvalue weighted by molar-refractivity contribution is -0.0621. The first-order valence-corrected chi connectivity index (χ1v) is 7.83. The summed E-state index contributed by atoms with van der Waals surface area (Å²) >= 11 is 0. The number of nitrogens with zero attached hydrogens (tertiary/aromatic N) is 2. The van der Waals surface area contributed by atoms with Crippen molar-refractivity contribution in [3.05, 3.63) is 48.0 Å². The number of hydrogen-bond acceptors (Lipinski definition) is 5. The van der Waals surface area contributed by atoms with Crippen LogP contribution in [0.15, 0.2) is 36.8 Å². The maximum atomic E-state index is 12.5. The van der Waals surface area contributed by atoms with Gasteiger partial charge in [0.2, 0.25) is 0 Å². The number of carbonyl (C=O) groups is 1. The van der Waals surface area contributed by atoms with Crippen molar-refractivity contribution in [2.45, 2.75) is 12.5 Å². The number of nitrogens with one attached hydrogen (secondary N) is 1. The highest BCUT2D eigenvalue weighted by atomic mass is 16.5. The highest BCUT2D eigenvalue weighted by molar-refractivity contribution is 5.92. The first-order chi connectivity index (χ1) is 11.6. The molecule has 2 aromatic rings. The van der Waals surface area contributed by atoms with Crippen molar-refractivity contribution in [2.24, 2.45) is 0 Å². The molecular formula is C17H21N3O4. The number of aryl methyl sites for hydroxylation is 1. The van der Waals surface area contributed by atoms with Crippen LogP contribution in [0.4, 0.5) is 0 Å². The zero-order chi connectivity index (χ0) is 17.0. The maximum absolute atomic E-state index is 12.5. The van der Waals surface area contributed by atoms with E-state index in [2.05, 4.69) is 9.97 Å². The van der Waals surface area contributed by atoms with E-state index < -0.39 is 5.60 Å². The van der Waals surface area contributed by atoms with E-state index in [-0.39, 0.29) is 25.7 Å². The van der Waals surface area contributed by atoms with E-state index in [9.17, 15) is 9.90 Å². The molecule has 1 aromatic carbocycles. The lowest BCUT2D eigenvalue weighted by Crippen LogP contribution is -2.50. The van der Waals surface area contributed by atoms with Gasteiger partial charge in [-0.1, -0.05) is 12.1 Å². The van der Waals surface area contributed by atoms with Gasteiger partial charge in [0.05, 0.1) is 32.3 Å². The van der Waals surface area contributed by atoms with Gasteiger partial charge >= 0.3 is 0 Å². The lowest BCUT2D eigenvalue weighted by atomic mass is 10.1. The molecular weight excluding hydrogens is 310 g/mol. The lowest BCUT2D eigenvalue weighted by Gasteiger charge is -2.30. The van der Waals surface area contributed by atoms with Crippen molar-refractivity contribution in [1.82, 2.24) is 14.9 Å². The van der Waals surface area contributed by atoms with Crippen molar-refractivity contribution in [3.63, 3.8) is 0 Å². The Bertz CT molecular complexity index is 689. The van der Waals surface area contributed by atoms with E-state index >= 15 is 0 Å². The summed E-state index contributed by atoms with van der Waals surface area (Å²) in [6, 6.07) is 7.60. The van der Waals surface area contributed by atoms with Gasteiger partial charge in [-0.25, -0.2) is 4.98 Å². The van der Waals surface area contributed by atoms with E-state index in [1.807, 2.05) is 31.2 Å². The predicted octanol–water partition coefficient (Wildman–Crippen LogP) is 1.00. The molecule has 1 saturated heterocycles.